The van der Waals surface area contributed by atoms with Gasteiger partial charge >= 0.3 is 0 Å². The average Bonchev–Trinajstić information content (AvgIpc) is 3.51. The van der Waals surface area contributed by atoms with Crippen LogP contribution in [0.2, 0.25) is 0 Å². The van der Waals surface area contributed by atoms with E-state index < -0.39 is 10.0 Å². The normalized spacial score (nSPS) is 18.3. The molecular formula is C23H32N4O4S. The molecule has 0 unspecified atom stereocenters. The molecule has 1 aromatic carbocycles. The van der Waals surface area contributed by atoms with Crippen LogP contribution in [0.25, 0.3) is 0 Å². The van der Waals surface area contributed by atoms with Crippen molar-refractivity contribution in [3.05, 3.63) is 53.5 Å². The first-order valence-corrected chi connectivity index (χ1v) is 12.8. The monoisotopic (exact) mass is 460 g/mol. The fraction of sp³-hybridized carbons (Fsp3) is 0.522. The van der Waals surface area contributed by atoms with Crippen LogP contribution in [0.1, 0.15) is 34.5 Å². The van der Waals surface area contributed by atoms with E-state index >= 15 is 0 Å². The van der Waals surface area contributed by atoms with Gasteiger partial charge in [-0.1, -0.05) is 6.07 Å². The summed E-state index contributed by atoms with van der Waals surface area (Å²) in [6.07, 6.45) is 4.10. The average molecular weight is 461 g/mol. The molecule has 2 fully saturated rings. The lowest BCUT2D eigenvalue weighted by Crippen LogP contribution is -2.50. The molecule has 2 saturated heterocycles. The van der Waals surface area contributed by atoms with Crippen molar-refractivity contribution >= 4 is 15.9 Å². The number of carbonyl (C=O) groups is 1. The molecule has 0 bridgehead atoms. The molecule has 2 aliphatic heterocycles. The Morgan fingerprint density at radius 3 is 2.34 bits per heavy atom. The Morgan fingerprint density at radius 2 is 1.69 bits per heavy atom. The molecule has 0 atom stereocenters. The summed E-state index contributed by atoms with van der Waals surface area (Å²) in [4.78, 5) is 20.0. The van der Waals surface area contributed by atoms with Crippen LogP contribution in [0.5, 0.6) is 0 Å². The maximum atomic E-state index is 13.2. The van der Waals surface area contributed by atoms with Gasteiger partial charge in [0.1, 0.15) is 5.76 Å². The summed E-state index contributed by atoms with van der Waals surface area (Å²) in [7, 11) is -3.76. The van der Waals surface area contributed by atoms with Crippen molar-refractivity contribution in [2.24, 2.45) is 0 Å². The predicted octanol–water partition coefficient (Wildman–Crippen LogP) is 1.92. The Bertz CT molecular complexity index is 1010. The second kappa shape index (κ2) is 10.2. The molecule has 3 heterocycles. The van der Waals surface area contributed by atoms with Crippen LogP contribution in [-0.2, 0) is 16.6 Å². The summed E-state index contributed by atoms with van der Waals surface area (Å²) in [5.41, 5.74) is 1.22. The summed E-state index contributed by atoms with van der Waals surface area (Å²) in [6, 6.07) is 8.13. The van der Waals surface area contributed by atoms with Gasteiger partial charge in [-0.05, 0) is 62.7 Å². The number of nitrogens with one attached hydrogen (secondary N) is 1. The van der Waals surface area contributed by atoms with Crippen LogP contribution in [0.4, 0.5) is 0 Å². The highest BCUT2D eigenvalue weighted by molar-refractivity contribution is 7.89. The minimum Gasteiger partial charge on any atom is -0.468 e. The van der Waals surface area contributed by atoms with Crippen LogP contribution in [0.3, 0.4) is 0 Å². The van der Waals surface area contributed by atoms with Gasteiger partial charge in [-0.2, -0.15) is 0 Å². The number of nitrogens with zero attached hydrogens (tertiary/aromatic N) is 3. The van der Waals surface area contributed by atoms with Gasteiger partial charge < -0.3 is 14.2 Å². The minimum absolute atomic E-state index is 0.0614. The highest BCUT2D eigenvalue weighted by atomic mass is 32.2. The molecule has 1 N–H and O–H groups in total. The molecule has 4 rings (SSSR count). The van der Waals surface area contributed by atoms with E-state index in [9.17, 15) is 13.2 Å². The van der Waals surface area contributed by atoms with Gasteiger partial charge in [-0.3, -0.25) is 9.69 Å². The van der Waals surface area contributed by atoms with E-state index in [-0.39, 0.29) is 17.3 Å². The molecule has 1 amide bonds. The zero-order chi connectivity index (χ0) is 22.6. The lowest BCUT2D eigenvalue weighted by atomic mass is 10.1. The van der Waals surface area contributed by atoms with E-state index in [1.165, 1.54) is 44.3 Å². The number of piperazine rings is 1. The number of aryl methyl sites for hydroxylation is 1. The molecule has 0 radical (unpaired) electrons. The van der Waals surface area contributed by atoms with Crippen LogP contribution >= 0.6 is 0 Å². The number of hydrogen-bond acceptors (Lipinski definition) is 6. The zero-order valence-corrected chi connectivity index (χ0v) is 19.4. The van der Waals surface area contributed by atoms with E-state index in [0.717, 1.165) is 31.7 Å². The summed E-state index contributed by atoms with van der Waals surface area (Å²) in [6.45, 7) is 9.45. The molecule has 2 aliphatic rings. The first-order chi connectivity index (χ1) is 15.4. The van der Waals surface area contributed by atoms with E-state index in [1.54, 1.807) is 18.2 Å². The minimum atomic E-state index is -3.76. The summed E-state index contributed by atoms with van der Waals surface area (Å²) >= 11 is 0. The van der Waals surface area contributed by atoms with Crippen molar-refractivity contribution in [2.45, 2.75) is 31.2 Å². The molecule has 9 heteroatoms. The molecule has 32 heavy (non-hydrogen) atoms. The van der Waals surface area contributed by atoms with E-state index in [0.29, 0.717) is 24.4 Å². The standard InChI is InChI=1S/C23H32N4O4S/c1-19-6-7-21(32(29,30)24-18-20-5-4-16-31-20)17-22(19)23(28)27-14-12-26(13-15-27)11-10-25-8-2-3-9-25/h4-7,16-17,24H,2-3,8-15,18H2,1H3. The van der Waals surface area contributed by atoms with Crippen molar-refractivity contribution in [1.82, 2.24) is 19.4 Å². The van der Waals surface area contributed by atoms with Crippen LogP contribution < -0.4 is 4.72 Å². The van der Waals surface area contributed by atoms with Crippen LogP contribution in [0, 0.1) is 6.92 Å². The van der Waals surface area contributed by atoms with Crippen LogP contribution in [-0.4, -0.2) is 81.4 Å². The lowest BCUT2D eigenvalue weighted by molar-refractivity contribution is 0.0625. The third-order valence-corrected chi connectivity index (χ3v) is 7.76. The predicted molar refractivity (Wildman–Crippen MR) is 122 cm³/mol. The number of benzene rings is 1. The number of furan rings is 1. The van der Waals surface area contributed by atoms with Crippen molar-refractivity contribution in [3.8, 4) is 0 Å². The first-order valence-electron chi connectivity index (χ1n) is 11.3. The van der Waals surface area contributed by atoms with E-state index in [1.807, 2.05) is 11.8 Å². The molecule has 8 nitrogen and oxygen atoms in total. The zero-order valence-electron chi connectivity index (χ0n) is 18.6. The van der Waals surface area contributed by atoms with E-state index in [2.05, 4.69) is 14.5 Å². The van der Waals surface area contributed by atoms with Gasteiger partial charge in [-0.15, -0.1) is 0 Å². The molecular weight excluding hydrogens is 428 g/mol. The van der Waals surface area contributed by atoms with Crippen LogP contribution in [0.15, 0.2) is 45.9 Å². The Labute approximate surface area is 190 Å². The maximum Gasteiger partial charge on any atom is 0.254 e. The second-order valence-corrected chi connectivity index (χ2v) is 10.3. The second-order valence-electron chi connectivity index (χ2n) is 8.56. The van der Waals surface area contributed by atoms with Crippen molar-refractivity contribution in [3.63, 3.8) is 0 Å². The Hall–Kier alpha value is -2.20. The number of carbonyl (C=O) groups excluding carboxylic acids is 1. The Kier molecular flexibility index (Phi) is 7.30. The molecule has 174 valence electrons. The van der Waals surface area contributed by atoms with E-state index in [4.69, 9.17) is 4.42 Å². The third-order valence-electron chi connectivity index (χ3n) is 6.36. The largest absolute Gasteiger partial charge is 0.468 e. The molecule has 0 aliphatic carbocycles. The highest BCUT2D eigenvalue weighted by Crippen LogP contribution is 2.19. The van der Waals surface area contributed by atoms with Gasteiger partial charge in [0.25, 0.3) is 5.91 Å². The smallest absolute Gasteiger partial charge is 0.254 e. The molecule has 1 aromatic heterocycles. The van der Waals surface area contributed by atoms with Crippen molar-refractivity contribution in [1.29, 1.82) is 0 Å². The lowest BCUT2D eigenvalue weighted by Gasteiger charge is -2.35. The number of amides is 1. The summed E-state index contributed by atoms with van der Waals surface area (Å²) in [5.74, 6) is 0.421. The summed E-state index contributed by atoms with van der Waals surface area (Å²) < 4.78 is 33.2. The molecule has 2 aromatic rings. The Morgan fingerprint density at radius 1 is 1.00 bits per heavy atom. The van der Waals surface area contributed by atoms with Crippen molar-refractivity contribution in [2.75, 3.05) is 52.4 Å². The van der Waals surface area contributed by atoms with Crippen molar-refractivity contribution < 1.29 is 17.6 Å². The third kappa shape index (κ3) is 5.58. The number of sulfonamides is 1. The quantitative estimate of drug-likeness (QED) is 0.648. The maximum absolute atomic E-state index is 13.2. The topological polar surface area (TPSA) is 86.1 Å². The SMILES string of the molecule is Cc1ccc(S(=O)(=O)NCc2ccco2)cc1C(=O)N1CCN(CCN2CCCC2)CC1. The highest BCUT2D eigenvalue weighted by Gasteiger charge is 2.25. The summed E-state index contributed by atoms with van der Waals surface area (Å²) in [5, 5.41) is 0. The number of likely N-dealkylation sites (tertiary alicyclic amines) is 1. The molecule has 0 saturated carbocycles. The van der Waals surface area contributed by atoms with Gasteiger partial charge in [0.2, 0.25) is 10.0 Å². The fourth-order valence-electron chi connectivity index (χ4n) is 4.30. The molecule has 0 spiro atoms. The van der Waals surface area contributed by atoms with Gasteiger partial charge in [0.15, 0.2) is 0 Å². The van der Waals surface area contributed by atoms with Gasteiger partial charge in [0.05, 0.1) is 17.7 Å². The van der Waals surface area contributed by atoms with Gasteiger partial charge in [-0.25, -0.2) is 13.1 Å². The fourth-order valence-corrected chi connectivity index (χ4v) is 5.31. The number of hydrogen-bond donors (Lipinski definition) is 1. The first kappa shape index (κ1) is 23.0. The Balaban J connectivity index is 1.36. The van der Waals surface area contributed by atoms with Gasteiger partial charge in [0, 0.05) is 44.8 Å². The number of rotatable bonds is 8.